The fourth-order valence-corrected chi connectivity index (χ4v) is 6.21. The van der Waals surface area contributed by atoms with Crippen molar-refractivity contribution in [3.05, 3.63) is 75.0 Å². The number of fused-ring (bicyclic) bond motifs is 2. The summed E-state index contributed by atoms with van der Waals surface area (Å²) in [4.78, 5) is 30.6. The number of aliphatic hydroxyl groups is 1. The summed E-state index contributed by atoms with van der Waals surface area (Å²) < 4.78 is 36.9. The topological polar surface area (TPSA) is 132 Å². The van der Waals surface area contributed by atoms with Crippen molar-refractivity contribution < 1.29 is 28.2 Å². The van der Waals surface area contributed by atoms with Gasteiger partial charge < -0.3 is 20.9 Å². The predicted molar refractivity (Wildman–Crippen MR) is 159 cm³/mol. The second kappa shape index (κ2) is 10.1. The molecule has 1 aliphatic heterocycles. The molecule has 44 heavy (non-hydrogen) atoms. The van der Waals surface area contributed by atoms with E-state index in [-0.39, 0.29) is 52.4 Å². The Balaban J connectivity index is 1.27. The van der Waals surface area contributed by atoms with Crippen LogP contribution < -0.4 is 15.8 Å². The number of pyridine rings is 1. The van der Waals surface area contributed by atoms with Crippen LogP contribution in [0.3, 0.4) is 0 Å². The largest absolute Gasteiger partial charge is 0.489 e. The molecule has 9 nitrogen and oxygen atoms in total. The van der Waals surface area contributed by atoms with Gasteiger partial charge in [0.25, 0.3) is 5.91 Å². The van der Waals surface area contributed by atoms with Gasteiger partial charge in [0.05, 0.1) is 28.3 Å². The summed E-state index contributed by atoms with van der Waals surface area (Å²) in [6.07, 6.45) is 5.23. The van der Waals surface area contributed by atoms with Gasteiger partial charge in [0, 0.05) is 34.3 Å². The molecule has 7 rings (SSSR count). The van der Waals surface area contributed by atoms with Gasteiger partial charge in [0.15, 0.2) is 0 Å². The Bertz CT molecular complexity index is 1890. The van der Waals surface area contributed by atoms with Crippen LogP contribution in [0.5, 0.6) is 5.75 Å². The van der Waals surface area contributed by atoms with E-state index in [1.54, 1.807) is 13.0 Å². The van der Waals surface area contributed by atoms with Crippen LogP contribution in [0, 0.1) is 17.6 Å². The summed E-state index contributed by atoms with van der Waals surface area (Å²) in [7, 11) is 0. The van der Waals surface area contributed by atoms with Gasteiger partial charge in [-0.2, -0.15) is 5.10 Å². The molecule has 2 fully saturated rings. The molecule has 2 aromatic carbocycles. The van der Waals surface area contributed by atoms with Crippen molar-refractivity contribution in [2.24, 2.45) is 11.7 Å². The molecule has 2 aliphatic carbocycles. The van der Waals surface area contributed by atoms with E-state index in [9.17, 15) is 19.1 Å². The van der Waals surface area contributed by atoms with Crippen molar-refractivity contribution in [3.8, 4) is 17.0 Å². The molecule has 4 aromatic rings. The molecule has 13 heteroatoms. The smallest absolute Gasteiger partial charge is 0.251 e. The third-order valence-electron chi connectivity index (χ3n) is 8.86. The first-order valence-electron chi connectivity index (χ1n) is 14.2. The molecule has 2 saturated carbocycles. The zero-order valence-electron chi connectivity index (χ0n) is 23.5. The number of hydrogen-bond donors (Lipinski definition) is 3. The highest BCUT2D eigenvalue weighted by Crippen LogP contribution is 2.50. The van der Waals surface area contributed by atoms with E-state index in [0.29, 0.717) is 41.1 Å². The van der Waals surface area contributed by atoms with Gasteiger partial charge in [0.2, 0.25) is 5.91 Å². The first-order valence-corrected chi connectivity index (χ1v) is 15.0. The molecule has 228 valence electrons. The third kappa shape index (κ3) is 4.69. The van der Waals surface area contributed by atoms with Crippen LogP contribution in [0.4, 0.5) is 8.78 Å². The molecule has 2 aromatic heterocycles. The number of carbonyl (C=O) groups excluding carboxylic acids is 2. The normalized spacial score (nSPS) is 20.7. The Morgan fingerprint density at radius 1 is 1.14 bits per heavy atom. The average molecular weight is 642 g/mol. The maximum Gasteiger partial charge on any atom is 0.251 e. The van der Waals surface area contributed by atoms with Crippen LogP contribution in [0.2, 0.25) is 10.0 Å². The van der Waals surface area contributed by atoms with Crippen LogP contribution in [0.15, 0.2) is 36.5 Å². The summed E-state index contributed by atoms with van der Waals surface area (Å²) in [6.45, 7) is 1.18. The Morgan fingerprint density at radius 3 is 2.57 bits per heavy atom. The standard InChI is InChI=1S/C31H27Cl2F2N5O4/c1-30(29(36)42)13-44-27-19(30)9-24(38-26(27)18-8-20(32)23(35)10-22(18)34)31(43,16-2-3-16)12-37-28(41)14-6-15-11-40(17-4-5-17)39-25(15)21(33)7-14/h6-11,16-17,43H,2-5,12-13H2,1H3,(H2,36,42)(H,37,41)/t30-,31+/m0/s1. The molecule has 0 unspecified atom stereocenters. The van der Waals surface area contributed by atoms with Gasteiger partial charge in [-0.05, 0) is 62.8 Å². The van der Waals surface area contributed by atoms with Gasteiger partial charge in [-0.15, -0.1) is 0 Å². The number of aromatic nitrogens is 3. The van der Waals surface area contributed by atoms with E-state index in [4.69, 9.17) is 33.7 Å². The highest BCUT2D eigenvalue weighted by molar-refractivity contribution is 6.35. The monoisotopic (exact) mass is 641 g/mol. The number of hydrogen-bond acceptors (Lipinski definition) is 6. The SMILES string of the molecule is C[C@]1(C(N)=O)COc2c1cc([C@@](O)(CNC(=O)c1cc(Cl)c3nn(C4CC4)cc3c1)C1CC1)nc2-c1cc(Cl)c(F)cc1F. The van der Waals surface area contributed by atoms with Crippen LogP contribution in [-0.4, -0.2) is 44.8 Å². The van der Waals surface area contributed by atoms with Gasteiger partial charge in [-0.1, -0.05) is 23.2 Å². The molecule has 2 atom stereocenters. The molecular formula is C31H27Cl2F2N5O4. The molecule has 3 heterocycles. The molecule has 2 amide bonds. The molecule has 4 N–H and O–H groups in total. The molecule has 0 radical (unpaired) electrons. The predicted octanol–water partition coefficient (Wildman–Crippen LogP) is 5.18. The lowest BCUT2D eigenvalue weighted by Gasteiger charge is -2.30. The lowest BCUT2D eigenvalue weighted by atomic mass is 9.81. The number of ether oxygens (including phenoxy) is 1. The van der Waals surface area contributed by atoms with E-state index in [1.807, 2.05) is 10.9 Å². The Morgan fingerprint density at radius 2 is 1.89 bits per heavy atom. The average Bonchev–Trinajstić information content (AvgIpc) is 3.93. The highest BCUT2D eigenvalue weighted by Gasteiger charge is 2.50. The lowest BCUT2D eigenvalue weighted by Crippen LogP contribution is -2.44. The molecule has 0 spiro atoms. The van der Waals surface area contributed by atoms with Crippen molar-refractivity contribution >= 4 is 45.9 Å². The van der Waals surface area contributed by atoms with Crippen molar-refractivity contribution in [1.29, 1.82) is 0 Å². The van der Waals surface area contributed by atoms with Gasteiger partial charge in [-0.3, -0.25) is 14.3 Å². The quantitative estimate of drug-likeness (QED) is 0.227. The first-order chi connectivity index (χ1) is 20.9. The first kappa shape index (κ1) is 28.9. The van der Waals surface area contributed by atoms with Gasteiger partial charge >= 0.3 is 0 Å². The van der Waals surface area contributed by atoms with Crippen molar-refractivity contribution in [3.63, 3.8) is 0 Å². The third-order valence-corrected chi connectivity index (χ3v) is 9.44. The number of rotatable bonds is 8. The number of carbonyl (C=O) groups is 2. The van der Waals surface area contributed by atoms with E-state index in [2.05, 4.69) is 15.4 Å². The summed E-state index contributed by atoms with van der Waals surface area (Å²) in [6, 6.07) is 6.79. The zero-order valence-corrected chi connectivity index (χ0v) is 25.0. The second-order valence-corrected chi connectivity index (χ2v) is 12.9. The zero-order chi connectivity index (χ0) is 31.1. The van der Waals surface area contributed by atoms with Crippen molar-refractivity contribution in [2.75, 3.05) is 13.2 Å². The fraction of sp³-hybridized carbons (Fsp3) is 0.355. The number of halogens is 4. The highest BCUT2D eigenvalue weighted by atomic mass is 35.5. The molecule has 0 saturated heterocycles. The van der Waals surface area contributed by atoms with Crippen molar-refractivity contribution in [1.82, 2.24) is 20.1 Å². The van der Waals surface area contributed by atoms with Crippen molar-refractivity contribution in [2.45, 2.75) is 49.7 Å². The Kier molecular flexibility index (Phi) is 6.65. The van der Waals surface area contributed by atoms with Crippen LogP contribution in [-0.2, 0) is 15.8 Å². The minimum Gasteiger partial charge on any atom is -0.489 e. The molecule has 3 aliphatic rings. The molecule has 0 bridgehead atoms. The number of nitrogens with two attached hydrogens (primary N) is 1. The number of primary amides is 1. The van der Waals surface area contributed by atoms with Gasteiger partial charge in [-0.25, -0.2) is 13.8 Å². The van der Waals surface area contributed by atoms with Crippen LogP contribution in [0.1, 0.15) is 60.3 Å². The Hall–Kier alpha value is -3.80. The summed E-state index contributed by atoms with van der Waals surface area (Å²) in [5.74, 6) is -3.32. The maximum absolute atomic E-state index is 15.1. The minimum absolute atomic E-state index is 0.0721. The van der Waals surface area contributed by atoms with E-state index < -0.39 is 34.5 Å². The lowest BCUT2D eigenvalue weighted by molar-refractivity contribution is -0.123. The van der Waals surface area contributed by atoms with E-state index >= 15 is 4.39 Å². The maximum atomic E-state index is 15.1. The number of benzene rings is 2. The van der Waals surface area contributed by atoms with E-state index in [1.165, 1.54) is 12.1 Å². The molecular weight excluding hydrogens is 615 g/mol. The second-order valence-electron chi connectivity index (χ2n) is 12.1. The van der Waals surface area contributed by atoms with Crippen LogP contribution in [0.25, 0.3) is 22.2 Å². The van der Waals surface area contributed by atoms with Crippen LogP contribution >= 0.6 is 23.2 Å². The Labute approximate surface area is 260 Å². The number of nitrogens with zero attached hydrogens (tertiary/aromatic N) is 3. The minimum atomic E-state index is -1.72. The summed E-state index contributed by atoms with van der Waals surface area (Å²) in [5.41, 5.74) is 3.72. The summed E-state index contributed by atoms with van der Waals surface area (Å²) in [5, 5.41) is 20.2. The summed E-state index contributed by atoms with van der Waals surface area (Å²) >= 11 is 12.5. The van der Waals surface area contributed by atoms with E-state index in [0.717, 1.165) is 24.3 Å². The fourth-order valence-electron chi connectivity index (χ4n) is 5.79. The number of nitrogens with one attached hydrogen (secondary N) is 1. The van der Waals surface area contributed by atoms with Gasteiger partial charge in [0.1, 0.15) is 46.2 Å². The number of amides is 2.